The minimum absolute atomic E-state index is 0.0242. The Morgan fingerprint density at radius 2 is 2.25 bits per heavy atom. The number of aromatic nitrogens is 2. The van der Waals surface area contributed by atoms with E-state index in [-0.39, 0.29) is 11.8 Å². The van der Waals surface area contributed by atoms with Crippen LogP contribution >= 0.6 is 11.3 Å². The third-order valence-corrected chi connectivity index (χ3v) is 4.25. The van der Waals surface area contributed by atoms with Crippen molar-refractivity contribution in [2.24, 2.45) is 0 Å². The van der Waals surface area contributed by atoms with Gasteiger partial charge >= 0.3 is 0 Å². The van der Waals surface area contributed by atoms with Gasteiger partial charge in [-0.05, 0) is 30.5 Å². The molecule has 1 atom stereocenters. The lowest BCUT2D eigenvalue weighted by Crippen LogP contribution is -2.36. The van der Waals surface area contributed by atoms with Crippen molar-refractivity contribution in [3.05, 3.63) is 39.9 Å². The van der Waals surface area contributed by atoms with Gasteiger partial charge in [0.05, 0.1) is 5.92 Å². The lowest BCUT2D eigenvalue weighted by Gasteiger charge is -2.26. The summed E-state index contributed by atoms with van der Waals surface area (Å²) in [6.07, 6.45) is 0. The summed E-state index contributed by atoms with van der Waals surface area (Å²) in [5.41, 5.74) is 3.51. The maximum absolute atomic E-state index is 12.5. The predicted molar refractivity (Wildman–Crippen MR) is 78.9 cm³/mol. The number of amides is 1. The van der Waals surface area contributed by atoms with Crippen molar-refractivity contribution < 1.29 is 4.79 Å². The average Bonchev–Trinajstić information content (AvgIpc) is 2.84. The summed E-state index contributed by atoms with van der Waals surface area (Å²) in [5, 5.41) is 15.4. The van der Waals surface area contributed by atoms with Crippen LogP contribution < -0.4 is 10.6 Å². The predicted octanol–water partition coefficient (Wildman–Crippen LogP) is 1.98. The number of anilines is 1. The van der Waals surface area contributed by atoms with Gasteiger partial charge < -0.3 is 5.32 Å². The van der Waals surface area contributed by atoms with Gasteiger partial charge in [0.15, 0.2) is 0 Å². The van der Waals surface area contributed by atoms with E-state index in [0.717, 1.165) is 22.7 Å². The standard InChI is InChI=1S/C14H16N4OS/c1-8-4-3-5-10-6-15-7-11(12(8)10)13(19)16-14-18-17-9(2)20-14/h3-5,11,15H,6-7H2,1-2H3,(H,16,18,19). The monoisotopic (exact) mass is 288 g/mol. The van der Waals surface area contributed by atoms with Crippen LogP contribution in [0, 0.1) is 13.8 Å². The number of hydrogen-bond donors (Lipinski definition) is 2. The van der Waals surface area contributed by atoms with Crippen LogP contribution in [0.1, 0.15) is 27.6 Å². The van der Waals surface area contributed by atoms with Crippen LogP contribution in [0.3, 0.4) is 0 Å². The van der Waals surface area contributed by atoms with Crippen molar-refractivity contribution in [2.45, 2.75) is 26.3 Å². The number of carbonyl (C=O) groups excluding carboxylic acids is 1. The van der Waals surface area contributed by atoms with Crippen molar-refractivity contribution in [3.8, 4) is 0 Å². The van der Waals surface area contributed by atoms with Gasteiger partial charge in [0.2, 0.25) is 11.0 Å². The van der Waals surface area contributed by atoms with Gasteiger partial charge in [0.1, 0.15) is 5.01 Å². The van der Waals surface area contributed by atoms with Crippen molar-refractivity contribution in [1.29, 1.82) is 0 Å². The van der Waals surface area contributed by atoms with Crippen molar-refractivity contribution in [1.82, 2.24) is 15.5 Å². The molecule has 0 spiro atoms. The maximum Gasteiger partial charge on any atom is 0.235 e. The van der Waals surface area contributed by atoms with Crippen LogP contribution in [0.15, 0.2) is 18.2 Å². The van der Waals surface area contributed by atoms with Crippen molar-refractivity contribution in [2.75, 3.05) is 11.9 Å². The molecule has 3 rings (SSSR count). The SMILES string of the molecule is Cc1nnc(NC(=O)C2CNCc3cccc(C)c32)s1. The highest BCUT2D eigenvalue weighted by Gasteiger charge is 2.28. The fourth-order valence-electron chi connectivity index (χ4n) is 2.61. The van der Waals surface area contributed by atoms with E-state index in [0.29, 0.717) is 11.7 Å². The largest absolute Gasteiger partial charge is 0.312 e. The maximum atomic E-state index is 12.5. The first kappa shape index (κ1) is 13.2. The molecule has 2 N–H and O–H groups in total. The first-order valence-electron chi connectivity index (χ1n) is 6.55. The van der Waals surface area contributed by atoms with E-state index in [4.69, 9.17) is 0 Å². The topological polar surface area (TPSA) is 66.9 Å². The number of nitrogens with zero attached hydrogens (tertiary/aromatic N) is 2. The molecule has 1 amide bonds. The van der Waals surface area contributed by atoms with Crippen LogP contribution in [-0.2, 0) is 11.3 Å². The zero-order valence-corrected chi connectivity index (χ0v) is 12.3. The third kappa shape index (κ3) is 2.44. The first-order valence-corrected chi connectivity index (χ1v) is 7.37. The number of carbonyl (C=O) groups is 1. The van der Waals surface area contributed by atoms with E-state index in [2.05, 4.69) is 39.9 Å². The molecule has 0 aliphatic carbocycles. The second-order valence-electron chi connectivity index (χ2n) is 4.95. The molecule has 1 aromatic carbocycles. The molecule has 0 fully saturated rings. The second kappa shape index (κ2) is 5.30. The van der Waals surface area contributed by atoms with Crippen molar-refractivity contribution >= 4 is 22.4 Å². The summed E-state index contributed by atoms with van der Waals surface area (Å²) in [5.74, 6) is -0.201. The summed E-state index contributed by atoms with van der Waals surface area (Å²) in [6, 6.07) is 6.16. The Balaban J connectivity index is 1.87. The average molecular weight is 288 g/mol. The van der Waals surface area contributed by atoms with Crippen molar-refractivity contribution in [3.63, 3.8) is 0 Å². The fourth-order valence-corrected chi connectivity index (χ4v) is 3.21. The van der Waals surface area contributed by atoms with Gasteiger partial charge in [-0.2, -0.15) is 0 Å². The molecule has 0 bridgehead atoms. The Morgan fingerprint density at radius 3 is 3.00 bits per heavy atom. The Labute approximate surface area is 121 Å². The first-order chi connectivity index (χ1) is 9.65. The zero-order valence-electron chi connectivity index (χ0n) is 11.4. The van der Waals surface area contributed by atoms with Gasteiger partial charge in [-0.15, -0.1) is 10.2 Å². The lowest BCUT2D eigenvalue weighted by atomic mass is 9.87. The number of nitrogens with one attached hydrogen (secondary N) is 2. The molecule has 104 valence electrons. The molecule has 2 aromatic rings. The molecule has 6 heteroatoms. The number of hydrogen-bond acceptors (Lipinski definition) is 5. The fraction of sp³-hybridized carbons (Fsp3) is 0.357. The van der Waals surface area contributed by atoms with E-state index < -0.39 is 0 Å². The Morgan fingerprint density at radius 1 is 1.40 bits per heavy atom. The highest BCUT2D eigenvalue weighted by Crippen LogP contribution is 2.28. The number of aryl methyl sites for hydroxylation is 2. The number of benzene rings is 1. The molecular formula is C14H16N4OS. The Hall–Kier alpha value is -1.79. The molecule has 0 saturated heterocycles. The van der Waals surface area contributed by atoms with E-state index in [9.17, 15) is 4.79 Å². The van der Waals surface area contributed by atoms with Gasteiger partial charge in [-0.25, -0.2) is 0 Å². The Bertz CT molecular complexity index is 652. The van der Waals surface area contributed by atoms with E-state index in [1.165, 1.54) is 16.9 Å². The quantitative estimate of drug-likeness (QED) is 0.887. The zero-order chi connectivity index (χ0) is 14.1. The van der Waals surface area contributed by atoms with Gasteiger partial charge in [0.25, 0.3) is 0 Å². The van der Waals surface area contributed by atoms with Gasteiger partial charge in [0, 0.05) is 13.1 Å². The number of rotatable bonds is 2. The normalized spacial score (nSPS) is 17.6. The van der Waals surface area contributed by atoms with Gasteiger partial charge in [-0.3, -0.25) is 10.1 Å². The molecule has 1 aliphatic rings. The van der Waals surface area contributed by atoms with Crippen LogP contribution in [-0.4, -0.2) is 22.6 Å². The lowest BCUT2D eigenvalue weighted by molar-refractivity contribution is -0.117. The highest BCUT2D eigenvalue weighted by atomic mass is 32.1. The van der Waals surface area contributed by atoms with Gasteiger partial charge in [-0.1, -0.05) is 29.5 Å². The minimum atomic E-state index is -0.177. The smallest absolute Gasteiger partial charge is 0.235 e. The number of fused-ring (bicyclic) bond motifs is 1. The van der Waals surface area contributed by atoms with E-state index in [1.54, 1.807) is 0 Å². The Kier molecular flexibility index (Phi) is 3.50. The minimum Gasteiger partial charge on any atom is -0.312 e. The summed E-state index contributed by atoms with van der Waals surface area (Å²) >= 11 is 1.39. The summed E-state index contributed by atoms with van der Waals surface area (Å²) < 4.78 is 0. The molecule has 0 radical (unpaired) electrons. The summed E-state index contributed by atoms with van der Waals surface area (Å²) in [7, 11) is 0. The molecule has 2 heterocycles. The second-order valence-corrected chi connectivity index (χ2v) is 6.13. The van der Waals surface area contributed by atoms with E-state index in [1.807, 2.05) is 13.0 Å². The summed E-state index contributed by atoms with van der Waals surface area (Å²) in [6.45, 7) is 5.40. The molecule has 1 aliphatic heterocycles. The van der Waals surface area contributed by atoms with Crippen LogP contribution in [0.5, 0.6) is 0 Å². The van der Waals surface area contributed by atoms with Crippen LogP contribution in [0.2, 0.25) is 0 Å². The molecule has 5 nitrogen and oxygen atoms in total. The highest BCUT2D eigenvalue weighted by molar-refractivity contribution is 7.15. The van der Waals surface area contributed by atoms with E-state index >= 15 is 0 Å². The van der Waals surface area contributed by atoms with Crippen LogP contribution in [0.4, 0.5) is 5.13 Å². The molecule has 20 heavy (non-hydrogen) atoms. The molecule has 1 unspecified atom stereocenters. The summed E-state index contributed by atoms with van der Waals surface area (Å²) in [4.78, 5) is 12.5. The molecular weight excluding hydrogens is 272 g/mol. The third-order valence-electron chi connectivity index (χ3n) is 3.50. The molecule has 0 saturated carbocycles. The molecule has 1 aromatic heterocycles. The van der Waals surface area contributed by atoms with Crippen LogP contribution in [0.25, 0.3) is 0 Å².